The average Bonchev–Trinajstić information content (AvgIpc) is 2.25. The van der Waals surface area contributed by atoms with Gasteiger partial charge < -0.3 is 10.2 Å². The second-order valence-electron chi connectivity index (χ2n) is 5.53. The minimum Gasteiger partial charge on any atom is -0.316 e. The van der Waals surface area contributed by atoms with E-state index >= 15 is 0 Å². The summed E-state index contributed by atoms with van der Waals surface area (Å²) in [5, 5.41) is 3.36. The molecule has 0 aromatic carbocycles. The second-order valence-corrected chi connectivity index (χ2v) is 5.53. The molecular weight excluding hydrogens is 184 g/mol. The molecule has 0 saturated carbocycles. The van der Waals surface area contributed by atoms with Crippen LogP contribution in [-0.4, -0.2) is 37.6 Å². The van der Waals surface area contributed by atoms with Crippen LogP contribution in [0.1, 0.15) is 39.5 Å². The fourth-order valence-corrected chi connectivity index (χ4v) is 3.01. The Bertz CT molecular complexity index is 185. The van der Waals surface area contributed by atoms with Gasteiger partial charge in [0, 0.05) is 19.6 Å². The number of nitrogens with zero attached hydrogens (tertiary/aromatic N) is 1. The summed E-state index contributed by atoms with van der Waals surface area (Å²) < 4.78 is 0. The lowest BCUT2D eigenvalue weighted by atomic mass is 9.74. The molecule has 0 atom stereocenters. The maximum atomic E-state index is 3.36. The Balaban J connectivity index is 1.75. The quantitative estimate of drug-likeness (QED) is 0.764. The van der Waals surface area contributed by atoms with Crippen LogP contribution in [0.25, 0.3) is 0 Å². The van der Waals surface area contributed by atoms with Gasteiger partial charge >= 0.3 is 0 Å². The standard InChI is InChI=1S/C13H26N2/c1-3-13(4-2)5-7-15(8-6-13)11-12-9-14-10-12/h12,14H,3-11H2,1-2H3. The van der Waals surface area contributed by atoms with Crippen LogP contribution in [-0.2, 0) is 0 Å². The largest absolute Gasteiger partial charge is 0.316 e. The van der Waals surface area contributed by atoms with Crippen molar-refractivity contribution in [3.8, 4) is 0 Å². The Morgan fingerprint density at radius 2 is 1.73 bits per heavy atom. The van der Waals surface area contributed by atoms with Crippen molar-refractivity contribution in [2.24, 2.45) is 11.3 Å². The molecule has 2 heteroatoms. The Morgan fingerprint density at radius 3 is 2.13 bits per heavy atom. The molecule has 2 aliphatic heterocycles. The van der Waals surface area contributed by atoms with E-state index in [0.717, 1.165) is 5.92 Å². The van der Waals surface area contributed by atoms with Crippen LogP contribution in [0.3, 0.4) is 0 Å². The molecular formula is C13H26N2. The van der Waals surface area contributed by atoms with Gasteiger partial charge in [-0.3, -0.25) is 0 Å². The van der Waals surface area contributed by atoms with E-state index in [9.17, 15) is 0 Å². The molecule has 15 heavy (non-hydrogen) atoms. The summed E-state index contributed by atoms with van der Waals surface area (Å²) in [4.78, 5) is 2.69. The summed E-state index contributed by atoms with van der Waals surface area (Å²) in [5.74, 6) is 0.945. The van der Waals surface area contributed by atoms with Gasteiger partial charge in [0.1, 0.15) is 0 Å². The molecule has 2 rings (SSSR count). The zero-order valence-electron chi connectivity index (χ0n) is 10.4. The maximum absolute atomic E-state index is 3.36. The SMILES string of the molecule is CCC1(CC)CCN(CC2CNC2)CC1. The first-order chi connectivity index (χ1) is 7.28. The predicted octanol–water partition coefficient (Wildman–Crippen LogP) is 2.11. The third-order valence-corrected chi connectivity index (χ3v) is 4.80. The van der Waals surface area contributed by atoms with Crippen LogP contribution >= 0.6 is 0 Å². The van der Waals surface area contributed by atoms with E-state index in [2.05, 4.69) is 24.1 Å². The van der Waals surface area contributed by atoms with Crippen molar-refractivity contribution in [2.75, 3.05) is 32.7 Å². The third kappa shape index (κ3) is 2.54. The van der Waals surface area contributed by atoms with Gasteiger partial charge in [-0.05, 0) is 37.3 Å². The third-order valence-electron chi connectivity index (χ3n) is 4.80. The minimum absolute atomic E-state index is 0.689. The van der Waals surface area contributed by atoms with Gasteiger partial charge in [0.25, 0.3) is 0 Å². The molecule has 0 radical (unpaired) electrons. The van der Waals surface area contributed by atoms with Gasteiger partial charge in [-0.15, -0.1) is 0 Å². The molecule has 1 N–H and O–H groups in total. The molecule has 0 amide bonds. The summed E-state index contributed by atoms with van der Waals surface area (Å²) >= 11 is 0. The smallest absolute Gasteiger partial charge is 0.00340 e. The van der Waals surface area contributed by atoms with E-state index in [4.69, 9.17) is 0 Å². The first-order valence-corrected chi connectivity index (χ1v) is 6.71. The van der Waals surface area contributed by atoms with Gasteiger partial charge in [0.2, 0.25) is 0 Å². The summed E-state index contributed by atoms with van der Waals surface area (Å²) in [6.45, 7) is 11.3. The van der Waals surface area contributed by atoms with Crippen molar-refractivity contribution in [2.45, 2.75) is 39.5 Å². The molecule has 2 saturated heterocycles. The van der Waals surface area contributed by atoms with Crippen LogP contribution in [0, 0.1) is 11.3 Å². The zero-order chi connectivity index (χ0) is 10.7. The lowest BCUT2D eigenvalue weighted by Crippen LogP contribution is -2.50. The highest BCUT2D eigenvalue weighted by atomic mass is 15.1. The minimum atomic E-state index is 0.689. The van der Waals surface area contributed by atoms with E-state index in [1.165, 1.54) is 58.4 Å². The van der Waals surface area contributed by atoms with E-state index in [0.29, 0.717) is 5.41 Å². The molecule has 0 aromatic heterocycles. The fraction of sp³-hybridized carbons (Fsp3) is 1.00. The van der Waals surface area contributed by atoms with E-state index in [1.807, 2.05) is 0 Å². The van der Waals surface area contributed by atoms with Crippen molar-refractivity contribution < 1.29 is 0 Å². The van der Waals surface area contributed by atoms with Gasteiger partial charge in [-0.25, -0.2) is 0 Å². The molecule has 2 heterocycles. The van der Waals surface area contributed by atoms with Gasteiger partial charge in [-0.1, -0.05) is 26.7 Å². The van der Waals surface area contributed by atoms with Gasteiger partial charge in [0.05, 0.1) is 0 Å². The van der Waals surface area contributed by atoms with Crippen molar-refractivity contribution in [3.05, 3.63) is 0 Å². The summed E-state index contributed by atoms with van der Waals surface area (Å²) in [6, 6.07) is 0. The van der Waals surface area contributed by atoms with Crippen molar-refractivity contribution in [3.63, 3.8) is 0 Å². The van der Waals surface area contributed by atoms with Crippen LogP contribution in [0.15, 0.2) is 0 Å². The van der Waals surface area contributed by atoms with Crippen LogP contribution in [0.4, 0.5) is 0 Å². The second kappa shape index (κ2) is 4.84. The Kier molecular flexibility index (Phi) is 3.68. The van der Waals surface area contributed by atoms with Gasteiger partial charge in [-0.2, -0.15) is 0 Å². The van der Waals surface area contributed by atoms with Crippen LogP contribution in [0.5, 0.6) is 0 Å². The molecule has 2 fully saturated rings. The van der Waals surface area contributed by atoms with E-state index in [1.54, 1.807) is 0 Å². The van der Waals surface area contributed by atoms with Crippen molar-refractivity contribution in [1.29, 1.82) is 0 Å². The fourth-order valence-electron chi connectivity index (χ4n) is 3.01. The lowest BCUT2D eigenvalue weighted by Gasteiger charge is -2.43. The van der Waals surface area contributed by atoms with Gasteiger partial charge in [0.15, 0.2) is 0 Å². The predicted molar refractivity (Wildman–Crippen MR) is 65.0 cm³/mol. The molecule has 0 aromatic rings. The van der Waals surface area contributed by atoms with Crippen LogP contribution < -0.4 is 5.32 Å². The summed E-state index contributed by atoms with van der Waals surface area (Å²) in [5.41, 5.74) is 0.689. The highest BCUT2D eigenvalue weighted by molar-refractivity contribution is 4.86. The molecule has 2 nitrogen and oxygen atoms in total. The number of hydrogen-bond donors (Lipinski definition) is 1. The normalized spacial score (nSPS) is 27.6. The first-order valence-electron chi connectivity index (χ1n) is 6.71. The lowest BCUT2D eigenvalue weighted by molar-refractivity contribution is 0.0769. The summed E-state index contributed by atoms with van der Waals surface area (Å²) in [6.07, 6.45) is 5.62. The zero-order valence-corrected chi connectivity index (χ0v) is 10.4. The highest BCUT2D eigenvalue weighted by Crippen LogP contribution is 2.37. The highest BCUT2D eigenvalue weighted by Gasteiger charge is 2.32. The molecule has 0 spiro atoms. The van der Waals surface area contributed by atoms with Crippen molar-refractivity contribution in [1.82, 2.24) is 10.2 Å². The molecule has 88 valence electrons. The monoisotopic (exact) mass is 210 g/mol. The molecule has 0 unspecified atom stereocenters. The maximum Gasteiger partial charge on any atom is 0.00340 e. The van der Waals surface area contributed by atoms with Crippen molar-refractivity contribution >= 4 is 0 Å². The van der Waals surface area contributed by atoms with E-state index < -0.39 is 0 Å². The molecule has 0 bridgehead atoms. The first kappa shape index (κ1) is 11.4. The molecule has 0 aliphatic carbocycles. The van der Waals surface area contributed by atoms with E-state index in [-0.39, 0.29) is 0 Å². The Labute approximate surface area is 94.4 Å². The topological polar surface area (TPSA) is 15.3 Å². The average molecular weight is 210 g/mol. The Morgan fingerprint density at radius 1 is 1.13 bits per heavy atom. The molecule has 2 aliphatic rings. The number of nitrogens with one attached hydrogen (secondary N) is 1. The summed E-state index contributed by atoms with van der Waals surface area (Å²) in [7, 11) is 0. The number of likely N-dealkylation sites (tertiary alicyclic amines) is 1. The Hall–Kier alpha value is -0.0800. The number of rotatable bonds is 4. The number of hydrogen-bond acceptors (Lipinski definition) is 2. The number of piperidine rings is 1. The van der Waals surface area contributed by atoms with Crippen LogP contribution in [0.2, 0.25) is 0 Å².